The second-order valence-electron chi connectivity index (χ2n) is 6.16. The number of carbonyl (C=O) groups excluding carboxylic acids is 1. The van der Waals surface area contributed by atoms with Crippen molar-refractivity contribution >= 4 is 17.3 Å². The molecule has 0 saturated heterocycles. The van der Waals surface area contributed by atoms with Crippen LogP contribution < -0.4 is 5.48 Å². The van der Waals surface area contributed by atoms with E-state index in [1.54, 1.807) is 6.92 Å². The first-order chi connectivity index (χ1) is 9.12. The molecule has 2 N–H and O–H groups in total. The topological polar surface area (TPSA) is 86.5 Å². The van der Waals surface area contributed by atoms with Gasteiger partial charge in [-0.3, -0.25) is 4.79 Å². The van der Waals surface area contributed by atoms with Gasteiger partial charge in [0.25, 0.3) is 5.91 Å². The van der Waals surface area contributed by atoms with E-state index < -0.39 is 11.0 Å². The maximum absolute atomic E-state index is 12.7. The van der Waals surface area contributed by atoms with Crippen molar-refractivity contribution in [3.8, 4) is 0 Å². The molecule has 0 aromatic rings. The van der Waals surface area contributed by atoms with Crippen LogP contribution in [0.5, 0.6) is 0 Å². The van der Waals surface area contributed by atoms with E-state index in [0.717, 1.165) is 0 Å². The average molecular weight is 284 g/mol. The number of nitrogens with one attached hydrogen (secondary N) is 1. The lowest BCUT2D eigenvalue weighted by Gasteiger charge is -2.32. The predicted molar refractivity (Wildman–Crippen MR) is 76.6 cm³/mol. The zero-order valence-electron chi connectivity index (χ0n) is 13.2. The molecule has 1 heterocycles. The van der Waals surface area contributed by atoms with E-state index in [0.29, 0.717) is 11.4 Å². The summed E-state index contributed by atoms with van der Waals surface area (Å²) in [6.07, 6.45) is 0. The van der Waals surface area contributed by atoms with E-state index in [1.165, 1.54) is 12.1 Å². The zero-order valence-corrected chi connectivity index (χ0v) is 13.2. The van der Waals surface area contributed by atoms with Crippen LogP contribution in [0.4, 0.5) is 0 Å². The van der Waals surface area contributed by atoms with Crippen LogP contribution in [-0.4, -0.2) is 46.2 Å². The van der Waals surface area contributed by atoms with Gasteiger partial charge in [0.05, 0.1) is 17.5 Å². The molecule has 1 unspecified atom stereocenters. The minimum atomic E-state index is -1.47. The van der Waals surface area contributed by atoms with E-state index in [9.17, 15) is 10.0 Å². The van der Waals surface area contributed by atoms with Crippen LogP contribution in [0, 0.1) is 5.41 Å². The van der Waals surface area contributed by atoms with Gasteiger partial charge in [-0.2, -0.15) is 10.6 Å². The normalized spacial score (nSPS) is 24.4. The number of hydrazone groups is 1. The van der Waals surface area contributed by atoms with E-state index in [1.807, 2.05) is 34.6 Å². The number of hydrogen-bond acceptors (Lipinski definition) is 6. The Morgan fingerprint density at radius 1 is 1.50 bits per heavy atom. The fourth-order valence-electron chi connectivity index (χ4n) is 2.28. The molecule has 0 saturated carbocycles. The molecule has 1 aliphatic rings. The molecule has 0 fully saturated rings. The molecule has 1 rings (SSSR count). The van der Waals surface area contributed by atoms with Crippen molar-refractivity contribution in [2.45, 2.75) is 53.1 Å². The van der Waals surface area contributed by atoms with Crippen LogP contribution in [0.25, 0.3) is 0 Å². The number of carbonyl (C=O) groups is 1. The summed E-state index contributed by atoms with van der Waals surface area (Å²) in [6, 6.07) is -0.120. The van der Waals surface area contributed by atoms with Crippen molar-refractivity contribution in [2.75, 3.05) is 7.11 Å². The largest absolute Gasteiger partial charge is 0.399 e. The van der Waals surface area contributed by atoms with Gasteiger partial charge in [-0.1, -0.05) is 25.9 Å². The molecule has 7 heteroatoms. The summed E-state index contributed by atoms with van der Waals surface area (Å²) in [4.78, 5) is 17.5. The first-order valence-corrected chi connectivity index (χ1v) is 6.55. The van der Waals surface area contributed by atoms with Crippen LogP contribution >= 0.6 is 0 Å². The highest BCUT2D eigenvalue weighted by molar-refractivity contribution is 6.34. The molecule has 0 radical (unpaired) electrons. The summed E-state index contributed by atoms with van der Waals surface area (Å²) < 4.78 is 0. The van der Waals surface area contributed by atoms with Gasteiger partial charge in [0.15, 0.2) is 0 Å². The third-order valence-corrected chi connectivity index (χ3v) is 3.23. The first-order valence-electron chi connectivity index (χ1n) is 6.55. The Bertz CT molecular complexity index is 451. The summed E-state index contributed by atoms with van der Waals surface area (Å²) in [7, 11) is 1.39. The third kappa shape index (κ3) is 2.43. The summed E-state index contributed by atoms with van der Waals surface area (Å²) in [5.74, 6) is -0.363. The molecule has 1 atom stereocenters. The average Bonchev–Trinajstić information content (AvgIpc) is 2.63. The maximum atomic E-state index is 12.7. The minimum Gasteiger partial charge on any atom is -0.399 e. The van der Waals surface area contributed by atoms with Gasteiger partial charge < -0.3 is 10.0 Å². The maximum Gasteiger partial charge on any atom is 0.277 e. The Labute approximate surface area is 119 Å². The molecule has 20 heavy (non-hydrogen) atoms. The van der Waals surface area contributed by atoms with Crippen LogP contribution in [-0.2, 0) is 9.63 Å². The van der Waals surface area contributed by atoms with Crippen molar-refractivity contribution < 1.29 is 14.8 Å². The number of nitrogens with zero attached hydrogens (tertiary/aromatic N) is 3. The van der Waals surface area contributed by atoms with E-state index in [4.69, 9.17) is 4.84 Å². The second kappa shape index (κ2) is 5.49. The van der Waals surface area contributed by atoms with Crippen molar-refractivity contribution in [1.82, 2.24) is 10.5 Å². The summed E-state index contributed by atoms with van der Waals surface area (Å²) >= 11 is 0. The number of hydroxylamine groups is 1. The molecular weight excluding hydrogens is 260 g/mol. The fourth-order valence-corrected chi connectivity index (χ4v) is 2.28. The van der Waals surface area contributed by atoms with Gasteiger partial charge in [-0.15, -0.1) is 0 Å². The Balaban J connectivity index is 3.51. The summed E-state index contributed by atoms with van der Waals surface area (Å²) in [6.45, 7) is 11.1. The lowest BCUT2D eigenvalue weighted by molar-refractivity contribution is -0.136. The van der Waals surface area contributed by atoms with Crippen LogP contribution in [0.2, 0.25) is 0 Å². The zero-order chi connectivity index (χ0) is 15.7. The second-order valence-corrected chi connectivity index (χ2v) is 6.16. The van der Waals surface area contributed by atoms with Gasteiger partial charge >= 0.3 is 0 Å². The van der Waals surface area contributed by atoms with Crippen LogP contribution in [0.3, 0.4) is 0 Å². The smallest absolute Gasteiger partial charge is 0.277 e. The Morgan fingerprint density at radius 2 is 2.05 bits per heavy atom. The summed E-state index contributed by atoms with van der Waals surface area (Å²) in [5.41, 5.74) is 1.03. The highest BCUT2D eigenvalue weighted by atomic mass is 16.6. The van der Waals surface area contributed by atoms with Crippen LogP contribution in [0.1, 0.15) is 41.5 Å². The summed E-state index contributed by atoms with van der Waals surface area (Å²) in [5, 5.41) is 19.3. The van der Waals surface area contributed by atoms with Gasteiger partial charge in [-0.25, -0.2) is 5.01 Å². The quantitative estimate of drug-likeness (QED) is 0.603. The van der Waals surface area contributed by atoms with Crippen molar-refractivity contribution in [3.05, 3.63) is 0 Å². The van der Waals surface area contributed by atoms with Gasteiger partial charge in [0.2, 0.25) is 5.54 Å². The number of hydrogen-bond donors (Lipinski definition) is 2. The minimum absolute atomic E-state index is 0.120. The Hall–Kier alpha value is -1.47. The number of oxime groups is 1. The lowest BCUT2D eigenvalue weighted by Crippen LogP contribution is -2.64. The van der Waals surface area contributed by atoms with Crippen molar-refractivity contribution in [1.29, 1.82) is 0 Å². The monoisotopic (exact) mass is 284 g/mol. The Kier molecular flexibility index (Phi) is 4.55. The molecule has 1 aliphatic heterocycles. The van der Waals surface area contributed by atoms with E-state index in [-0.39, 0.29) is 11.9 Å². The van der Waals surface area contributed by atoms with Crippen molar-refractivity contribution in [3.63, 3.8) is 0 Å². The lowest BCUT2D eigenvalue weighted by atomic mass is 9.75. The molecule has 114 valence electrons. The third-order valence-electron chi connectivity index (χ3n) is 3.23. The molecule has 0 aliphatic carbocycles. The van der Waals surface area contributed by atoms with Gasteiger partial charge in [-0.05, 0) is 20.8 Å². The number of amides is 1. The Morgan fingerprint density at radius 3 is 2.40 bits per heavy atom. The SMILES string of the molecule is CO/N=C(\C)C1(NO)C(=O)N(C(C)C)N=C1C(C)(C)C. The highest BCUT2D eigenvalue weighted by Gasteiger charge is 2.57. The molecular formula is C13H24N4O3. The number of rotatable bonds is 4. The van der Waals surface area contributed by atoms with Crippen LogP contribution in [0.15, 0.2) is 10.3 Å². The molecule has 0 aromatic heterocycles. The fraction of sp³-hybridized carbons (Fsp3) is 0.769. The van der Waals surface area contributed by atoms with Crippen molar-refractivity contribution in [2.24, 2.45) is 15.7 Å². The highest BCUT2D eigenvalue weighted by Crippen LogP contribution is 2.33. The standard InChI is InChI=1S/C13H24N4O3/c1-8(2)17-11(18)13(16-19,9(3)15-20-7)10(14-17)12(4,5)6/h8,16,19H,1-7H3/b15-9+. The van der Waals surface area contributed by atoms with Gasteiger partial charge in [0, 0.05) is 5.41 Å². The molecule has 0 aromatic carbocycles. The predicted octanol–water partition coefficient (Wildman–Crippen LogP) is 1.38. The molecule has 0 spiro atoms. The molecule has 1 amide bonds. The molecule has 7 nitrogen and oxygen atoms in total. The van der Waals surface area contributed by atoms with Gasteiger partial charge in [0.1, 0.15) is 7.11 Å². The van der Waals surface area contributed by atoms with E-state index in [2.05, 4.69) is 15.7 Å². The van der Waals surface area contributed by atoms with E-state index >= 15 is 0 Å². The molecule has 0 bridgehead atoms. The first kappa shape index (κ1) is 16.6.